The van der Waals surface area contributed by atoms with Crippen molar-refractivity contribution in [3.63, 3.8) is 0 Å². The minimum absolute atomic E-state index is 0.142. The molecule has 1 fully saturated rings. The summed E-state index contributed by atoms with van der Waals surface area (Å²) in [5.74, 6) is -0.314. The van der Waals surface area contributed by atoms with Gasteiger partial charge in [0, 0.05) is 4.88 Å². The summed E-state index contributed by atoms with van der Waals surface area (Å²) in [5, 5.41) is 6.82. The SMILES string of the molecule is O=C(Cc1cccs1)NC1C(=O)NC1S. The van der Waals surface area contributed by atoms with Crippen LogP contribution in [0.5, 0.6) is 0 Å². The van der Waals surface area contributed by atoms with Gasteiger partial charge in [0.25, 0.3) is 0 Å². The first kappa shape index (κ1) is 10.5. The lowest BCUT2D eigenvalue weighted by atomic mass is 10.1. The van der Waals surface area contributed by atoms with Gasteiger partial charge in [-0.15, -0.1) is 11.3 Å². The molecule has 2 atom stereocenters. The van der Waals surface area contributed by atoms with Crippen molar-refractivity contribution in [2.75, 3.05) is 0 Å². The number of carbonyl (C=O) groups excluding carboxylic acids is 2. The molecule has 1 aromatic rings. The van der Waals surface area contributed by atoms with Gasteiger partial charge >= 0.3 is 0 Å². The van der Waals surface area contributed by atoms with Crippen LogP contribution >= 0.6 is 24.0 Å². The normalized spacial score (nSPS) is 24.2. The Kier molecular flexibility index (Phi) is 2.97. The molecule has 0 radical (unpaired) electrons. The molecule has 0 saturated carbocycles. The molecule has 1 aliphatic heterocycles. The van der Waals surface area contributed by atoms with E-state index in [1.165, 1.54) is 11.3 Å². The van der Waals surface area contributed by atoms with Gasteiger partial charge < -0.3 is 10.6 Å². The number of hydrogen-bond acceptors (Lipinski definition) is 4. The number of rotatable bonds is 3. The van der Waals surface area contributed by atoms with Gasteiger partial charge in [-0.2, -0.15) is 12.6 Å². The Balaban J connectivity index is 1.85. The smallest absolute Gasteiger partial charge is 0.246 e. The number of nitrogens with one attached hydrogen (secondary N) is 2. The highest BCUT2D eigenvalue weighted by Gasteiger charge is 2.37. The molecule has 0 spiro atoms. The number of amides is 2. The van der Waals surface area contributed by atoms with Crippen molar-refractivity contribution in [3.8, 4) is 0 Å². The number of β-lactam (4-membered cyclic amide) rings is 1. The van der Waals surface area contributed by atoms with E-state index in [1.54, 1.807) is 0 Å². The number of thiophene rings is 1. The summed E-state index contributed by atoms with van der Waals surface area (Å²) in [6.45, 7) is 0. The van der Waals surface area contributed by atoms with Crippen LogP contribution in [0, 0.1) is 0 Å². The minimum atomic E-state index is -0.485. The molecule has 0 bridgehead atoms. The van der Waals surface area contributed by atoms with Crippen LogP contribution in [0.25, 0.3) is 0 Å². The third-order valence-electron chi connectivity index (χ3n) is 2.12. The Morgan fingerprint density at radius 2 is 2.47 bits per heavy atom. The first-order valence-corrected chi connectivity index (χ1v) is 5.86. The summed E-state index contributed by atoms with van der Waals surface area (Å²) < 4.78 is 0. The van der Waals surface area contributed by atoms with Crippen LogP contribution in [-0.2, 0) is 16.0 Å². The lowest BCUT2D eigenvalue weighted by Crippen LogP contribution is -2.66. The van der Waals surface area contributed by atoms with Gasteiger partial charge in [0.05, 0.1) is 6.42 Å². The van der Waals surface area contributed by atoms with Gasteiger partial charge in [-0.25, -0.2) is 0 Å². The maximum atomic E-state index is 11.5. The second kappa shape index (κ2) is 4.24. The zero-order chi connectivity index (χ0) is 10.8. The van der Waals surface area contributed by atoms with Crippen molar-refractivity contribution in [1.82, 2.24) is 10.6 Å². The summed E-state index contributed by atoms with van der Waals surface area (Å²) in [6.07, 6.45) is 0.321. The molecule has 2 heterocycles. The van der Waals surface area contributed by atoms with E-state index in [4.69, 9.17) is 0 Å². The van der Waals surface area contributed by atoms with Gasteiger partial charge in [-0.05, 0) is 11.4 Å². The molecule has 2 N–H and O–H groups in total. The number of hydrogen-bond donors (Lipinski definition) is 3. The van der Waals surface area contributed by atoms with Gasteiger partial charge in [0.15, 0.2) is 0 Å². The van der Waals surface area contributed by atoms with Gasteiger partial charge in [-0.3, -0.25) is 9.59 Å². The van der Waals surface area contributed by atoms with E-state index in [-0.39, 0.29) is 17.2 Å². The van der Waals surface area contributed by atoms with Crippen LogP contribution in [0.3, 0.4) is 0 Å². The molecular formula is C9H10N2O2S2. The van der Waals surface area contributed by atoms with Crippen molar-refractivity contribution < 1.29 is 9.59 Å². The Morgan fingerprint density at radius 3 is 3.00 bits per heavy atom. The summed E-state index contributed by atoms with van der Waals surface area (Å²) in [6, 6.07) is 3.30. The Hall–Kier alpha value is -1.01. The van der Waals surface area contributed by atoms with Crippen LogP contribution in [0.1, 0.15) is 4.88 Å². The molecule has 0 aromatic carbocycles. The van der Waals surface area contributed by atoms with E-state index < -0.39 is 6.04 Å². The topological polar surface area (TPSA) is 58.2 Å². The van der Waals surface area contributed by atoms with Crippen molar-refractivity contribution in [2.45, 2.75) is 17.8 Å². The third-order valence-corrected chi connectivity index (χ3v) is 3.42. The van der Waals surface area contributed by atoms with Gasteiger partial charge in [0.1, 0.15) is 11.4 Å². The molecule has 0 aliphatic carbocycles. The molecule has 2 rings (SSSR count). The number of thiol groups is 1. The van der Waals surface area contributed by atoms with Gasteiger partial charge in [0.2, 0.25) is 11.8 Å². The van der Waals surface area contributed by atoms with Crippen LogP contribution in [0.15, 0.2) is 17.5 Å². The van der Waals surface area contributed by atoms with Crippen LogP contribution in [0.2, 0.25) is 0 Å². The molecular weight excluding hydrogens is 232 g/mol. The van der Waals surface area contributed by atoms with Crippen LogP contribution in [-0.4, -0.2) is 23.2 Å². The molecule has 6 heteroatoms. The molecule has 4 nitrogen and oxygen atoms in total. The van der Waals surface area contributed by atoms with E-state index in [2.05, 4.69) is 23.3 Å². The average Bonchev–Trinajstić information content (AvgIpc) is 2.67. The second-order valence-corrected chi connectivity index (χ2v) is 4.84. The number of carbonyl (C=O) groups is 2. The summed E-state index contributed by atoms with van der Waals surface area (Å²) in [5.41, 5.74) is 0. The van der Waals surface area contributed by atoms with E-state index in [0.717, 1.165) is 4.88 Å². The van der Waals surface area contributed by atoms with Crippen LogP contribution in [0.4, 0.5) is 0 Å². The van der Waals surface area contributed by atoms with Gasteiger partial charge in [-0.1, -0.05) is 6.07 Å². The quantitative estimate of drug-likeness (QED) is 0.522. The first-order valence-electron chi connectivity index (χ1n) is 4.47. The van der Waals surface area contributed by atoms with E-state index >= 15 is 0 Å². The third kappa shape index (κ3) is 2.32. The summed E-state index contributed by atoms with van der Waals surface area (Å²) in [7, 11) is 0. The predicted octanol–water partition coefficient (Wildman–Crippen LogP) is 0.161. The average molecular weight is 242 g/mol. The van der Waals surface area contributed by atoms with Crippen molar-refractivity contribution in [1.29, 1.82) is 0 Å². The fourth-order valence-electron chi connectivity index (χ4n) is 1.31. The van der Waals surface area contributed by atoms with E-state index in [1.807, 2.05) is 17.5 Å². The zero-order valence-electron chi connectivity index (χ0n) is 7.77. The lowest BCUT2D eigenvalue weighted by molar-refractivity contribution is -0.133. The Morgan fingerprint density at radius 1 is 1.67 bits per heavy atom. The molecule has 2 amide bonds. The maximum Gasteiger partial charge on any atom is 0.246 e. The first-order chi connectivity index (χ1) is 7.16. The fraction of sp³-hybridized carbons (Fsp3) is 0.333. The second-order valence-electron chi connectivity index (χ2n) is 3.25. The highest BCUT2D eigenvalue weighted by molar-refractivity contribution is 7.81. The zero-order valence-corrected chi connectivity index (χ0v) is 9.48. The largest absolute Gasteiger partial charge is 0.341 e. The van der Waals surface area contributed by atoms with Crippen molar-refractivity contribution >= 4 is 35.8 Å². The standard InChI is InChI=1S/C9H10N2O2S2/c12-6(4-5-2-1-3-15-5)10-7-8(13)11-9(7)14/h1-3,7,9,14H,4H2,(H,10,12)(H,11,13). The predicted molar refractivity (Wildman–Crippen MR) is 60.9 cm³/mol. The maximum absolute atomic E-state index is 11.5. The minimum Gasteiger partial charge on any atom is -0.341 e. The van der Waals surface area contributed by atoms with Crippen LogP contribution < -0.4 is 10.6 Å². The highest BCUT2D eigenvalue weighted by atomic mass is 32.1. The molecule has 80 valence electrons. The van der Waals surface area contributed by atoms with E-state index in [9.17, 15) is 9.59 Å². The molecule has 15 heavy (non-hydrogen) atoms. The Labute approximate surface area is 96.5 Å². The summed E-state index contributed by atoms with van der Waals surface area (Å²) in [4.78, 5) is 23.5. The molecule has 1 aromatic heterocycles. The van der Waals surface area contributed by atoms with Crippen molar-refractivity contribution in [3.05, 3.63) is 22.4 Å². The van der Waals surface area contributed by atoms with Crippen molar-refractivity contribution in [2.24, 2.45) is 0 Å². The highest BCUT2D eigenvalue weighted by Crippen LogP contribution is 2.12. The fourth-order valence-corrected chi connectivity index (χ4v) is 2.35. The molecule has 1 saturated heterocycles. The lowest BCUT2D eigenvalue weighted by Gasteiger charge is -2.33. The molecule has 2 unspecified atom stereocenters. The summed E-state index contributed by atoms with van der Waals surface area (Å²) >= 11 is 5.61. The molecule has 1 aliphatic rings. The Bertz CT molecular complexity index is 377. The van der Waals surface area contributed by atoms with E-state index in [0.29, 0.717) is 6.42 Å². The monoisotopic (exact) mass is 242 g/mol.